The molecule has 1 fully saturated rings. The summed E-state index contributed by atoms with van der Waals surface area (Å²) in [6, 6.07) is 13.6. The summed E-state index contributed by atoms with van der Waals surface area (Å²) in [7, 11) is 0. The first kappa shape index (κ1) is 21.1. The van der Waals surface area contributed by atoms with Crippen molar-refractivity contribution in [1.29, 1.82) is 0 Å². The molecule has 6 nitrogen and oxygen atoms in total. The van der Waals surface area contributed by atoms with Crippen LogP contribution in [0.4, 0.5) is 10.1 Å². The molecule has 0 radical (unpaired) electrons. The quantitative estimate of drug-likeness (QED) is 0.622. The van der Waals surface area contributed by atoms with Gasteiger partial charge >= 0.3 is 0 Å². The molecule has 1 aliphatic rings. The van der Waals surface area contributed by atoms with Crippen LogP contribution in [0.2, 0.25) is 5.02 Å². The van der Waals surface area contributed by atoms with Gasteiger partial charge in [-0.1, -0.05) is 41.0 Å². The Labute approximate surface area is 184 Å². The fraction of sp³-hybridized carbons (Fsp3) is 0.261. The Bertz CT molecular complexity index is 1090. The Balaban J connectivity index is 1.47. The molecule has 0 saturated carbocycles. The topological polar surface area (TPSA) is 75.4 Å². The lowest BCUT2D eigenvalue weighted by Crippen LogP contribution is -2.41. The van der Waals surface area contributed by atoms with Crippen LogP contribution >= 0.6 is 11.6 Å². The van der Waals surface area contributed by atoms with Crippen molar-refractivity contribution in [3.8, 4) is 11.3 Å². The molecule has 2 amide bonds. The molecule has 1 saturated heterocycles. The lowest BCUT2D eigenvalue weighted by molar-refractivity contribution is -0.121. The lowest BCUT2D eigenvalue weighted by atomic mass is 9.94. The predicted octanol–water partition coefficient (Wildman–Crippen LogP) is 4.93. The number of anilines is 1. The maximum Gasteiger partial charge on any atom is 0.259 e. The molecule has 0 atom stereocenters. The van der Waals surface area contributed by atoms with Crippen LogP contribution in [-0.4, -0.2) is 35.0 Å². The van der Waals surface area contributed by atoms with Crippen LogP contribution < -0.4 is 5.32 Å². The van der Waals surface area contributed by atoms with Crippen LogP contribution in [-0.2, 0) is 4.79 Å². The van der Waals surface area contributed by atoms with Crippen LogP contribution in [0.1, 0.15) is 29.0 Å². The number of piperidine rings is 1. The van der Waals surface area contributed by atoms with E-state index in [9.17, 15) is 14.0 Å². The summed E-state index contributed by atoms with van der Waals surface area (Å²) in [5, 5.41) is 6.97. The molecule has 8 heteroatoms. The summed E-state index contributed by atoms with van der Waals surface area (Å²) in [5.41, 5.74) is 1.08. The van der Waals surface area contributed by atoms with Gasteiger partial charge in [0.15, 0.2) is 0 Å². The van der Waals surface area contributed by atoms with Crippen LogP contribution in [0.15, 0.2) is 53.1 Å². The Hall–Kier alpha value is -3.19. The van der Waals surface area contributed by atoms with Gasteiger partial charge in [-0.2, -0.15) is 0 Å². The molecule has 1 N–H and O–H groups in total. The summed E-state index contributed by atoms with van der Waals surface area (Å²) >= 11 is 6.17. The van der Waals surface area contributed by atoms with E-state index in [1.807, 2.05) is 30.3 Å². The number of halogens is 2. The third kappa shape index (κ3) is 4.32. The number of hydrogen-bond acceptors (Lipinski definition) is 4. The van der Waals surface area contributed by atoms with Gasteiger partial charge in [0, 0.05) is 24.7 Å². The second-order valence-corrected chi connectivity index (χ2v) is 7.89. The highest BCUT2D eigenvalue weighted by Crippen LogP contribution is 2.34. The third-order valence-electron chi connectivity index (χ3n) is 5.47. The number of hydrogen-bond donors (Lipinski definition) is 1. The van der Waals surface area contributed by atoms with Crippen molar-refractivity contribution >= 4 is 29.1 Å². The Morgan fingerprint density at radius 2 is 1.84 bits per heavy atom. The van der Waals surface area contributed by atoms with E-state index in [-0.39, 0.29) is 39.6 Å². The minimum Gasteiger partial charge on any atom is -0.360 e. The average Bonchev–Trinajstić information content (AvgIpc) is 3.15. The van der Waals surface area contributed by atoms with Crippen LogP contribution in [0, 0.1) is 18.7 Å². The third-order valence-corrected chi connectivity index (χ3v) is 5.79. The Morgan fingerprint density at radius 1 is 1.13 bits per heavy atom. The maximum atomic E-state index is 14.4. The number of rotatable bonds is 4. The smallest absolute Gasteiger partial charge is 0.259 e. The first-order valence-electron chi connectivity index (χ1n) is 10.0. The molecular weight excluding hydrogens is 421 g/mol. The summed E-state index contributed by atoms with van der Waals surface area (Å²) < 4.78 is 19.6. The van der Waals surface area contributed by atoms with Crippen molar-refractivity contribution in [3.63, 3.8) is 0 Å². The van der Waals surface area contributed by atoms with E-state index in [4.69, 9.17) is 16.1 Å². The zero-order chi connectivity index (χ0) is 22.0. The highest BCUT2D eigenvalue weighted by molar-refractivity contribution is 6.33. The zero-order valence-corrected chi connectivity index (χ0v) is 17.7. The minimum absolute atomic E-state index is 0.0430. The van der Waals surface area contributed by atoms with Crippen molar-refractivity contribution in [2.45, 2.75) is 19.8 Å². The van der Waals surface area contributed by atoms with Gasteiger partial charge in [-0.05, 0) is 44.0 Å². The van der Waals surface area contributed by atoms with Crippen molar-refractivity contribution < 1.29 is 18.5 Å². The summed E-state index contributed by atoms with van der Waals surface area (Å²) in [6.07, 6.45) is 1.06. The first-order valence-corrected chi connectivity index (χ1v) is 10.4. The fourth-order valence-electron chi connectivity index (χ4n) is 3.79. The molecule has 0 spiro atoms. The van der Waals surface area contributed by atoms with Crippen molar-refractivity contribution in [1.82, 2.24) is 10.1 Å². The number of amides is 2. The minimum atomic E-state index is -0.578. The fourth-order valence-corrected chi connectivity index (χ4v) is 4.04. The number of para-hydroxylation sites is 1. The highest BCUT2D eigenvalue weighted by atomic mass is 35.5. The number of aryl methyl sites for hydroxylation is 1. The Morgan fingerprint density at radius 3 is 2.52 bits per heavy atom. The van der Waals surface area contributed by atoms with E-state index < -0.39 is 5.82 Å². The van der Waals surface area contributed by atoms with Crippen molar-refractivity contribution in [2.24, 2.45) is 5.92 Å². The van der Waals surface area contributed by atoms with E-state index in [0.29, 0.717) is 31.7 Å². The summed E-state index contributed by atoms with van der Waals surface area (Å²) in [4.78, 5) is 27.4. The molecule has 0 aliphatic carbocycles. The van der Waals surface area contributed by atoms with E-state index >= 15 is 0 Å². The van der Waals surface area contributed by atoms with Crippen LogP contribution in [0.25, 0.3) is 11.3 Å². The number of likely N-dealkylation sites (tertiary alicyclic amines) is 1. The summed E-state index contributed by atoms with van der Waals surface area (Å²) in [5.74, 6) is -0.837. The molecule has 2 heterocycles. The number of aromatic nitrogens is 1. The molecule has 3 aromatic rings. The number of nitrogens with zero attached hydrogens (tertiary/aromatic N) is 2. The molecule has 2 aromatic carbocycles. The SMILES string of the molecule is Cc1onc(-c2c(F)cccc2Cl)c1C(=O)N1CCC(C(=O)Nc2ccccc2)CC1. The average molecular weight is 442 g/mol. The summed E-state index contributed by atoms with van der Waals surface area (Å²) in [6.45, 7) is 2.42. The van der Waals surface area contributed by atoms with Gasteiger partial charge in [0.25, 0.3) is 5.91 Å². The number of carbonyl (C=O) groups is 2. The highest BCUT2D eigenvalue weighted by Gasteiger charge is 2.32. The molecule has 160 valence electrons. The Kier molecular flexibility index (Phi) is 6.04. The van der Waals surface area contributed by atoms with E-state index in [1.54, 1.807) is 11.8 Å². The number of carbonyl (C=O) groups excluding carboxylic acids is 2. The number of benzene rings is 2. The van der Waals surface area contributed by atoms with Crippen LogP contribution in [0.5, 0.6) is 0 Å². The number of nitrogens with one attached hydrogen (secondary N) is 1. The monoisotopic (exact) mass is 441 g/mol. The van der Waals surface area contributed by atoms with Gasteiger partial charge in [-0.3, -0.25) is 9.59 Å². The van der Waals surface area contributed by atoms with E-state index in [2.05, 4.69) is 10.5 Å². The van der Waals surface area contributed by atoms with Gasteiger partial charge in [-0.15, -0.1) is 0 Å². The van der Waals surface area contributed by atoms with Crippen LogP contribution in [0.3, 0.4) is 0 Å². The van der Waals surface area contributed by atoms with Gasteiger partial charge in [0.2, 0.25) is 5.91 Å². The van der Waals surface area contributed by atoms with Gasteiger partial charge in [-0.25, -0.2) is 4.39 Å². The molecule has 4 rings (SSSR count). The van der Waals surface area contributed by atoms with Gasteiger partial charge < -0.3 is 14.7 Å². The standard InChI is InChI=1S/C23H21ClFN3O3/c1-14-19(21(27-31-14)20-17(24)8-5-9-18(20)25)23(30)28-12-10-15(11-13-28)22(29)26-16-6-3-2-4-7-16/h2-9,15H,10-13H2,1H3,(H,26,29). The van der Waals surface area contributed by atoms with Crippen molar-refractivity contribution in [3.05, 3.63) is 70.7 Å². The maximum absolute atomic E-state index is 14.4. The van der Waals surface area contributed by atoms with E-state index in [1.165, 1.54) is 18.2 Å². The second kappa shape index (κ2) is 8.89. The molecule has 0 unspecified atom stereocenters. The molecule has 31 heavy (non-hydrogen) atoms. The van der Waals surface area contributed by atoms with Crippen molar-refractivity contribution in [2.75, 3.05) is 18.4 Å². The largest absolute Gasteiger partial charge is 0.360 e. The molecule has 0 bridgehead atoms. The van der Waals surface area contributed by atoms with Gasteiger partial charge in [0.05, 0.1) is 10.6 Å². The van der Waals surface area contributed by atoms with E-state index in [0.717, 1.165) is 5.69 Å². The lowest BCUT2D eigenvalue weighted by Gasteiger charge is -2.31. The molecule has 1 aliphatic heterocycles. The normalized spacial score (nSPS) is 14.5. The first-order chi connectivity index (χ1) is 15.0. The second-order valence-electron chi connectivity index (χ2n) is 7.48. The van der Waals surface area contributed by atoms with Gasteiger partial charge in [0.1, 0.15) is 22.8 Å². The predicted molar refractivity (Wildman–Crippen MR) is 115 cm³/mol. The molecular formula is C23H21ClFN3O3. The zero-order valence-electron chi connectivity index (χ0n) is 16.9. The molecule has 1 aromatic heterocycles.